The predicted octanol–water partition coefficient (Wildman–Crippen LogP) is 2.52. The van der Waals surface area contributed by atoms with Crippen LogP contribution in [0.25, 0.3) is 16.7 Å². The van der Waals surface area contributed by atoms with Crippen LogP contribution >= 0.6 is 11.6 Å². The lowest BCUT2D eigenvalue weighted by Crippen LogP contribution is -2.06. The van der Waals surface area contributed by atoms with Crippen LogP contribution in [0.4, 0.5) is 0 Å². The average molecular weight is 264 g/mol. The van der Waals surface area contributed by atoms with Crippen LogP contribution in [-0.2, 0) is 0 Å². The van der Waals surface area contributed by atoms with Crippen LogP contribution in [0.3, 0.4) is 0 Å². The third-order valence-corrected chi connectivity index (χ3v) is 2.29. The van der Waals surface area contributed by atoms with Crippen LogP contribution < -0.4 is 0 Å². The summed E-state index contributed by atoms with van der Waals surface area (Å²) in [6.45, 7) is 5.41. The fourth-order valence-electron chi connectivity index (χ4n) is 1.51. The Kier molecular flexibility index (Phi) is 4.08. The van der Waals surface area contributed by atoms with Crippen molar-refractivity contribution in [2.24, 2.45) is 0 Å². The van der Waals surface area contributed by atoms with E-state index >= 15 is 0 Å². The number of carbonyl (C=O) groups is 1. The van der Waals surface area contributed by atoms with E-state index in [0.29, 0.717) is 16.7 Å². The second-order valence-electron chi connectivity index (χ2n) is 3.32. The van der Waals surface area contributed by atoms with Crippen molar-refractivity contribution >= 4 is 34.3 Å². The lowest BCUT2D eigenvalue weighted by atomic mass is 10.4. The quantitative estimate of drug-likeness (QED) is 0.668. The van der Waals surface area contributed by atoms with Gasteiger partial charge in [0, 0.05) is 17.3 Å². The maximum Gasteiger partial charge on any atom is 0.352 e. The Morgan fingerprint density at radius 1 is 1.56 bits per heavy atom. The molecule has 2 heterocycles. The third-order valence-electron chi connectivity index (χ3n) is 2.11. The Hall–Kier alpha value is -2.32. The second-order valence-corrected chi connectivity index (χ2v) is 3.66. The number of halogens is 1. The number of carboxylic acid groups (broad SMARTS) is 1. The zero-order chi connectivity index (χ0) is 13.9. The maximum atomic E-state index is 11.0. The molecule has 0 fully saturated rings. The number of hydrogen-bond acceptors (Lipinski definition) is 3. The number of terminal acetylenes is 1. The number of fused-ring (bicyclic) bond motifs is 1. The molecule has 0 aliphatic carbocycles. The molecule has 0 amide bonds. The Labute approximate surface area is 109 Å². The van der Waals surface area contributed by atoms with Crippen molar-refractivity contribution in [3.05, 3.63) is 29.8 Å². The van der Waals surface area contributed by atoms with Crippen LogP contribution in [-0.4, -0.2) is 25.6 Å². The number of aromatic nitrogens is 3. The summed E-state index contributed by atoms with van der Waals surface area (Å²) < 4.78 is 1.44. The van der Waals surface area contributed by atoms with Gasteiger partial charge in [-0.25, -0.2) is 9.78 Å². The van der Waals surface area contributed by atoms with E-state index < -0.39 is 5.97 Å². The van der Waals surface area contributed by atoms with E-state index in [-0.39, 0.29) is 11.0 Å². The number of carboxylic acids is 1. The fraction of sp³-hybridized carbons (Fsp3) is 0.0833. The molecule has 2 aromatic rings. The topological polar surface area (TPSA) is 68.0 Å². The first-order chi connectivity index (χ1) is 8.50. The van der Waals surface area contributed by atoms with Crippen molar-refractivity contribution in [3.8, 4) is 12.8 Å². The third kappa shape index (κ3) is 2.34. The fourth-order valence-corrected chi connectivity index (χ4v) is 1.64. The van der Waals surface area contributed by atoms with Crippen LogP contribution in [0.15, 0.2) is 18.8 Å². The SMILES string of the molecule is C#C.C=C(C)n1c(C(=O)O)cc2cnc(Cl)nc21. The summed E-state index contributed by atoms with van der Waals surface area (Å²) in [5.41, 5.74) is 1.10. The standard InChI is InChI=1S/C10H8ClN3O2.C2H2/c1-5(2)14-7(9(15)16)3-6-4-12-10(11)13-8(6)14;1-2/h3-4H,1H2,2H3,(H,15,16);1-2H. The van der Waals surface area contributed by atoms with Gasteiger partial charge in [-0.3, -0.25) is 4.57 Å². The normalized spacial score (nSPS) is 9.56. The van der Waals surface area contributed by atoms with Crippen LogP contribution in [0.2, 0.25) is 5.28 Å². The lowest BCUT2D eigenvalue weighted by Gasteiger charge is -2.05. The summed E-state index contributed by atoms with van der Waals surface area (Å²) >= 11 is 5.67. The van der Waals surface area contributed by atoms with Crippen LogP contribution in [0.5, 0.6) is 0 Å². The lowest BCUT2D eigenvalue weighted by molar-refractivity contribution is 0.0689. The van der Waals surface area contributed by atoms with Gasteiger partial charge in [-0.05, 0) is 24.6 Å². The highest BCUT2D eigenvalue weighted by Crippen LogP contribution is 2.22. The predicted molar refractivity (Wildman–Crippen MR) is 70.4 cm³/mol. The molecule has 0 aromatic carbocycles. The van der Waals surface area contributed by atoms with Crippen molar-refractivity contribution in [2.45, 2.75) is 6.92 Å². The number of allylic oxidation sites excluding steroid dienone is 1. The monoisotopic (exact) mass is 263 g/mol. The van der Waals surface area contributed by atoms with Crippen LogP contribution in [0.1, 0.15) is 17.4 Å². The van der Waals surface area contributed by atoms with Gasteiger partial charge in [-0.1, -0.05) is 6.58 Å². The molecule has 0 atom stereocenters. The highest BCUT2D eigenvalue weighted by Gasteiger charge is 2.16. The molecule has 0 aliphatic heterocycles. The molecule has 2 rings (SSSR count). The summed E-state index contributed by atoms with van der Waals surface area (Å²) in [6.07, 6.45) is 9.48. The van der Waals surface area contributed by atoms with Crippen molar-refractivity contribution < 1.29 is 9.90 Å². The molecule has 1 N–H and O–H groups in total. The van der Waals surface area contributed by atoms with Gasteiger partial charge < -0.3 is 5.11 Å². The van der Waals surface area contributed by atoms with E-state index in [9.17, 15) is 4.79 Å². The van der Waals surface area contributed by atoms with Crippen molar-refractivity contribution in [1.82, 2.24) is 14.5 Å². The van der Waals surface area contributed by atoms with Gasteiger partial charge in [0.1, 0.15) is 11.3 Å². The van der Waals surface area contributed by atoms with E-state index in [0.717, 1.165) is 0 Å². The van der Waals surface area contributed by atoms with Gasteiger partial charge in [-0.2, -0.15) is 4.98 Å². The molecule has 0 bridgehead atoms. The highest BCUT2D eigenvalue weighted by atomic mass is 35.5. The van der Waals surface area contributed by atoms with E-state index in [1.54, 1.807) is 6.92 Å². The van der Waals surface area contributed by atoms with Gasteiger partial charge in [-0.15, -0.1) is 12.8 Å². The molecule has 0 aliphatic rings. The Balaban J connectivity index is 0.000000771. The van der Waals surface area contributed by atoms with Crippen molar-refractivity contribution in [3.63, 3.8) is 0 Å². The van der Waals surface area contributed by atoms with Crippen molar-refractivity contribution in [1.29, 1.82) is 0 Å². The smallest absolute Gasteiger partial charge is 0.352 e. The number of aromatic carboxylic acids is 1. The molecule has 92 valence electrons. The maximum absolute atomic E-state index is 11.0. The molecular weight excluding hydrogens is 254 g/mol. The van der Waals surface area contributed by atoms with Gasteiger partial charge in [0.15, 0.2) is 0 Å². The molecule has 6 heteroatoms. The first-order valence-corrected chi connectivity index (χ1v) is 5.15. The number of hydrogen-bond donors (Lipinski definition) is 1. The largest absolute Gasteiger partial charge is 0.477 e. The molecule has 18 heavy (non-hydrogen) atoms. The number of rotatable bonds is 2. The first kappa shape index (κ1) is 13.7. The molecule has 0 saturated carbocycles. The summed E-state index contributed by atoms with van der Waals surface area (Å²) in [7, 11) is 0. The molecule has 0 spiro atoms. The summed E-state index contributed by atoms with van der Waals surface area (Å²) in [5.74, 6) is -1.04. The second kappa shape index (κ2) is 5.34. The van der Waals surface area contributed by atoms with Gasteiger partial charge in [0.05, 0.1) is 0 Å². The Morgan fingerprint density at radius 3 is 2.67 bits per heavy atom. The van der Waals surface area contributed by atoms with Gasteiger partial charge in [0.2, 0.25) is 5.28 Å². The molecule has 0 saturated heterocycles. The van der Waals surface area contributed by atoms with Crippen LogP contribution in [0, 0.1) is 12.8 Å². The van der Waals surface area contributed by atoms with Gasteiger partial charge >= 0.3 is 5.97 Å². The molecule has 2 aromatic heterocycles. The van der Waals surface area contributed by atoms with E-state index in [1.165, 1.54) is 16.8 Å². The minimum Gasteiger partial charge on any atom is -0.477 e. The molecule has 0 radical (unpaired) electrons. The summed E-state index contributed by atoms with van der Waals surface area (Å²) in [5, 5.41) is 9.73. The van der Waals surface area contributed by atoms with Crippen molar-refractivity contribution in [2.75, 3.05) is 0 Å². The minimum atomic E-state index is -1.04. The zero-order valence-electron chi connectivity index (χ0n) is 9.59. The van der Waals surface area contributed by atoms with Gasteiger partial charge in [0.25, 0.3) is 0 Å². The first-order valence-electron chi connectivity index (χ1n) is 4.77. The average Bonchev–Trinajstić information content (AvgIpc) is 2.70. The Morgan fingerprint density at radius 2 is 2.17 bits per heavy atom. The molecule has 5 nitrogen and oxygen atoms in total. The van der Waals surface area contributed by atoms with E-state index in [4.69, 9.17) is 16.7 Å². The highest BCUT2D eigenvalue weighted by molar-refractivity contribution is 6.28. The summed E-state index contributed by atoms with van der Waals surface area (Å²) in [4.78, 5) is 18.8. The molecular formula is C12H10ClN3O2. The zero-order valence-corrected chi connectivity index (χ0v) is 10.3. The van der Waals surface area contributed by atoms with E-state index in [1.807, 2.05) is 0 Å². The number of nitrogens with zero attached hydrogens (tertiary/aromatic N) is 3. The molecule has 0 unspecified atom stereocenters. The van der Waals surface area contributed by atoms with E-state index in [2.05, 4.69) is 29.4 Å². The Bertz CT molecular complexity index is 643. The summed E-state index contributed by atoms with van der Waals surface area (Å²) in [6, 6.07) is 1.49. The minimum absolute atomic E-state index is 0.0741.